The van der Waals surface area contributed by atoms with Gasteiger partial charge in [0.15, 0.2) is 5.78 Å². The standard InChI is InChI=1S/C36H48N4O5/c1-37(2)29-10-12-30(13-11-29)39-22-17-28(34(42)25-39)24-40(36(44)27-8-14-32(41)15-9-27)31-6-4-5-26(23-31)7-16-35(43)45-33-18-20-38(3)21-19-33/h4-7,10-13,16,23,27-28,32-33,41H,8-9,14-15,17-22,24-25H2,1-3H3/b16-7+. The summed E-state index contributed by atoms with van der Waals surface area (Å²) in [5, 5.41) is 10.1. The Morgan fingerprint density at radius 3 is 2.31 bits per heavy atom. The number of aliphatic hydroxyl groups is 1. The van der Waals surface area contributed by atoms with Gasteiger partial charge in [0, 0.05) is 75.2 Å². The Kier molecular flexibility index (Phi) is 10.9. The average molecular weight is 617 g/mol. The molecule has 2 aromatic rings. The molecule has 1 atom stereocenters. The number of anilines is 3. The molecule has 3 aliphatic rings. The fraction of sp³-hybridized carbons (Fsp3) is 0.528. The first kappa shape index (κ1) is 32.7. The number of ketones is 1. The number of carbonyl (C=O) groups excluding carboxylic acids is 3. The molecule has 3 fully saturated rings. The number of ether oxygens (including phenoxy) is 1. The minimum Gasteiger partial charge on any atom is -0.459 e. The molecule has 0 aromatic heterocycles. The maximum atomic E-state index is 14.0. The Bertz CT molecular complexity index is 1340. The number of likely N-dealkylation sites (tertiary alicyclic amines) is 1. The summed E-state index contributed by atoms with van der Waals surface area (Å²) in [6.07, 6.45) is 7.57. The molecule has 1 N–H and O–H groups in total. The van der Waals surface area contributed by atoms with E-state index in [2.05, 4.69) is 41.1 Å². The maximum absolute atomic E-state index is 14.0. The Morgan fingerprint density at radius 2 is 1.64 bits per heavy atom. The van der Waals surface area contributed by atoms with Gasteiger partial charge in [-0.25, -0.2) is 4.79 Å². The van der Waals surface area contributed by atoms with Crippen molar-refractivity contribution >= 4 is 40.8 Å². The van der Waals surface area contributed by atoms with Crippen LogP contribution in [-0.2, 0) is 19.1 Å². The number of hydrogen-bond acceptors (Lipinski definition) is 8. The van der Waals surface area contributed by atoms with E-state index in [9.17, 15) is 19.5 Å². The second-order valence-corrected chi connectivity index (χ2v) is 13.1. The van der Waals surface area contributed by atoms with E-state index in [1.54, 1.807) is 11.0 Å². The van der Waals surface area contributed by atoms with Crippen LogP contribution >= 0.6 is 0 Å². The number of amides is 1. The summed E-state index contributed by atoms with van der Waals surface area (Å²) < 4.78 is 5.65. The van der Waals surface area contributed by atoms with Gasteiger partial charge in [-0.2, -0.15) is 0 Å². The fourth-order valence-corrected chi connectivity index (χ4v) is 6.60. The van der Waals surface area contributed by atoms with Crippen LogP contribution in [0.2, 0.25) is 0 Å². The lowest BCUT2D eigenvalue weighted by Gasteiger charge is -2.37. The summed E-state index contributed by atoms with van der Waals surface area (Å²) in [4.78, 5) is 48.2. The normalized spacial score (nSPS) is 23.2. The van der Waals surface area contributed by atoms with Gasteiger partial charge in [-0.05, 0) is 100 Å². The van der Waals surface area contributed by atoms with Crippen LogP contribution in [0.1, 0.15) is 50.5 Å². The van der Waals surface area contributed by atoms with Crippen LogP contribution in [0, 0.1) is 11.8 Å². The summed E-state index contributed by atoms with van der Waals surface area (Å²) in [5.41, 5.74) is 3.63. The number of hydrogen-bond donors (Lipinski definition) is 1. The van der Waals surface area contributed by atoms with Gasteiger partial charge in [0.05, 0.1) is 12.6 Å². The fourth-order valence-electron chi connectivity index (χ4n) is 6.60. The largest absolute Gasteiger partial charge is 0.459 e. The van der Waals surface area contributed by atoms with Crippen molar-refractivity contribution in [2.75, 3.05) is 68.6 Å². The van der Waals surface area contributed by atoms with Crippen molar-refractivity contribution in [3.8, 4) is 0 Å². The Morgan fingerprint density at radius 1 is 0.933 bits per heavy atom. The lowest BCUT2D eigenvalue weighted by Crippen LogP contribution is -2.48. The van der Waals surface area contributed by atoms with Crippen LogP contribution in [0.5, 0.6) is 0 Å². The van der Waals surface area contributed by atoms with Gasteiger partial charge in [0.2, 0.25) is 5.91 Å². The Hall–Kier alpha value is -3.69. The molecule has 9 nitrogen and oxygen atoms in total. The van der Waals surface area contributed by atoms with Gasteiger partial charge in [-0.1, -0.05) is 12.1 Å². The van der Waals surface area contributed by atoms with Crippen molar-refractivity contribution in [2.24, 2.45) is 11.8 Å². The highest BCUT2D eigenvalue weighted by Gasteiger charge is 2.34. The molecule has 45 heavy (non-hydrogen) atoms. The molecule has 2 heterocycles. The molecule has 0 radical (unpaired) electrons. The zero-order valence-corrected chi connectivity index (χ0v) is 26.9. The van der Waals surface area contributed by atoms with Gasteiger partial charge < -0.3 is 29.4 Å². The van der Waals surface area contributed by atoms with Gasteiger partial charge in [-0.3, -0.25) is 9.59 Å². The third-order valence-electron chi connectivity index (χ3n) is 9.54. The highest BCUT2D eigenvalue weighted by Crippen LogP contribution is 2.31. The lowest BCUT2D eigenvalue weighted by atomic mass is 9.85. The molecular weight excluding hydrogens is 568 g/mol. The van der Waals surface area contributed by atoms with E-state index in [4.69, 9.17) is 4.74 Å². The van der Waals surface area contributed by atoms with E-state index >= 15 is 0 Å². The van der Waals surface area contributed by atoms with Crippen LogP contribution in [0.15, 0.2) is 54.6 Å². The second-order valence-electron chi connectivity index (χ2n) is 13.1. The van der Waals surface area contributed by atoms with Crippen LogP contribution in [-0.4, -0.2) is 93.7 Å². The third-order valence-corrected chi connectivity index (χ3v) is 9.54. The molecule has 1 saturated carbocycles. The number of Topliss-reactive ketones (excluding diaryl/α,β-unsaturated/α-hetero) is 1. The molecular formula is C36H48N4O5. The lowest BCUT2D eigenvalue weighted by molar-refractivity contribution is -0.144. The predicted molar refractivity (Wildman–Crippen MR) is 179 cm³/mol. The number of piperidine rings is 2. The van der Waals surface area contributed by atoms with E-state index < -0.39 is 0 Å². The Labute approximate surface area is 267 Å². The third kappa shape index (κ3) is 8.73. The number of rotatable bonds is 9. The molecule has 0 spiro atoms. The molecule has 9 heteroatoms. The van der Waals surface area contributed by atoms with Crippen molar-refractivity contribution in [1.29, 1.82) is 0 Å². The number of nitrogens with zero attached hydrogens (tertiary/aromatic N) is 4. The minimum absolute atomic E-state index is 0.000732. The molecule has 2 saturated heterocycles. The van der Waals surface area contributed by atoms with Gasteiger partial charge in [0.25, 0.3) is 0 Å². The zero-order chi connectivity index (χ0) is 31.9. The summed E-state index contributed by atoms with van der Waals surface area (Å²) >= 11 is 0. The number of carbonyl (C=O) groups is 3. The van der Waals surface area contributed by atoms with Gasteiger partial charge >= 0.3 is 5.97 Å². The molecule has 0 bridgehead atoms. The first-order chi connectivity index (χ1) is 21.7. The van der Waals surface area contributed by atoms with Crippen LogP contribution < -0.4 is 14.7 Å². The van der Waals surface area contributed by atoms with E-state index in [1.165, 1.54) is 6.08 Å². The molecule has 1 unspecified atom stereocenters. The van der Waals surface area contributed by atoms with E-state index in [-0.39, 0.29) is 41.7 Å². The van der Waals surface area contributed by atoms with Crippen molar-refractivity contribution < 1.29 is 24.2 Å². The molecule has 2 aromatic carbocycles. The van der Waals surface area contributed by atoms with E-state index in [0.717, 1.165) is 49.4 Å². The van der Waals surface area contributed by atoms with E-state index in [1.807, 2.05) is 43.3 Å². The summed E-state index contributed by atoms with van der Waals surface area (Å²) in [6.45, 7) is 3.19. The topological polar surface area (TPSA) is 93.6 Å². The number of esters is 1. The predicted octanol–water partition coefficient (Wildman–Crippen LogP) is 4.38. The maximum Gasteiger partial charge on any atom is 0.331 e. The summed E-state index contributed by atoms with van der Waals surface area (Å²) in [6, 6.07) is 15.8. The average Bonchev–Trinajstić information content (AvgIpc) is 3.04. The SMILES string of the molecule is CN1CCC(OC(=O)/C=C/c2cccc(N(CC3CCN(c4ccc(N(C)C)cc4)CC3=O)C(=O)C3CCC(O)CC3)c2)CC1. The quantitative estimate of drug-likeness (QED) is 0.328. The molecule has 2 aliphatic heterocycles. The van der Waals surface area contributed by atoms with Crippen molar-refractivity contribution in [1.82, 2.24) is 4.90 Å². The monoisotopic (exact) mass is 616 g/mol. The zero-order valence-electron chi connectivity index (χ0n) is 26.9. The first-order valence-corrected chi connectivity index (χ1v) is 16.4. The van der Waals surface area contributed by atoms with Crippen molar-refractivity contribution in [3.63, 3.8) is 0 Å². The second kappa shape index (κ2) is 15.1. The number of aliphatic hydroxyl groups excluding tert-OH is 1. The number of benzene rings is 2. The highest BCUT2D eigenvalue weighted by atomic mass is 16.5. The van der Waals surface area contributed by atoms with Crippen LogP contribution in [0.25, 0.3) is 6.08 Å². The Balaban J connectivity index is 1.28. The summed E-state index contributed by atoms with van der Waals surface area (Å²) in [5.74, 6) is -0.703. The van der Waals surface area contributed by atoms with Crippen LogP contribution in [0.3, 0.4) is 0 Å². The van der Waals surface area contributed by atoms with E-state index in [0.29, 0.717) is 50.9 Å². The molecule has 1 amide bonds. The minimum atomic E-state index is -0.364. The molecule has 5 rings (SSSR count). The van der Waals surface area contributed by atoms with Crippen LogP contribution in [0.4, 0.5) is 17.1 Å². The highest BCUT2D eigenvalue weighted by molar-refractivity contribution is 5.97. The molecule has 242 valence electrons. The van der Waals surface area contributed by atoms with Crippen molar-refractivity contribution in [2.45, 2.75) is 57.2 Å². The van der Waals surface area contributed by atoms with Crippen molar-refractivity contribution in [3.05, 3.63) is 60.2 Å². The first-order valence-electron chi connectivity index (χ1n) is 16.4. The summed E-state index contributed by atoms with van der Waals surface area (Å²) in [7, 11) is 6.08. The smallest absolute Gasteiger partial charge is 0.331 e. The molecule has 1 aliphatic carbocycles. The van der Waals surface area contributed by atoms with Gasteiger partial charge in [-0.15, -0.1) is 0 Å². The van der Waals surface area contributed by atoms with Gasteiger partial charge in [0.1, 0.15) is 6.10 Å².